The Morgan fingerprint density at radius 1 is 1.13 bits per heavy atom. The Labute approximate surface area is 89.1 Å². The molecule has 1 N–H and O–H groups in total. The van der Waals surface area contributed by atoms with Gasteiger partial charge in [-0.1, -0.05) is 0 Å². The van der Waals surface area contributed by atoms with Crippen molar-refractivity contribution < 1.29 is 4.74 Å². The van der Waals surface area contributed by atoms with Crippen LogP contribution >= 0.6 is 0 Å². The van der Waals surface area contributed by atoms with Crippen LogP contribution in [0.15, 0.2) is 24.3 Å². The number of aromatic amines is 1. The number of hydrogen-bond donors (Lipinski definition) is 1. The van der Waals surface area contributed by atoms with E-state index in [0.29, 0.717) is 0 Å². The maximum atomic E-state index is 5.11. The average Bonchev–Trinajstić information content (AvgIpc) is 2.58. The summed E-state index contributed by atoms with van der Waals surface area (Å²) >= 11 is 0. The van der Waals surface area contributed by atoms with Gasteiger partial charge in [0.2, 0.25) is 0 Å². The standard InChI is InChI=1S/C12H14N2O/c1-8-12(14-9(2)13-8)10-4-6-11(15-3)7-5-10/h4-7H,1-3H3,(H,13,14). The number of methoxy groups -OCH3 is 1. The van der Waals surface area contributed by atoms with Crippen molar-refractivity contribution in [2.45, 2.75) is 13.8 Å². The summed E-state index contributed by atoms with van der Waals surface area (Å²) < 4.78 is 5.11. The predicted molar refractivity (Wildman–Crippen MR) is 60.0 cm³/mol. The maximum Gasteiger partial charge on any atom is 0.118 e. The summed E-state index contributed by atoms with van der Waals surface area (Å²) in [5, 5.41) is 0. The lowest BCUT2D eigenvalue weighted by molar-refractivity contribution is 0.415. The zero-order valence-corrected chi connectivity index (χ0v) is 9.16. The summed E-state index contributed by atoms with van der Waals surface area (Å²) in [4.78, 5) is 7.63. The molecule has 3 nitrogen and oxygen atoms in total. The smallest absolute Gasteiger partial charge is 0.118 e. The molecule has 0 amide bonds. The van der Waals surface area contributed by atoms with Crippen LogP contribution in [0, 0.1) is 13.8 Å². The molecule has 0 aliphatic rings. The molecule has 0 radical (unpaired) electrons. The average molecular weight is 202 g/mol. The lowest BCUT2D eigenvalue weighted by atomic mass is 10.1. The second-order valence-corrected chi connectivity index (χ2v) is 3.52. The van der Waals surface area contributed by atoms with Gasteiger partial charge in [-0.15, -0.1) is 0 Å². The molecule has 0 spiro atoms. The molecule has 0 saturated heterocycles. The first-order chi connectivity index (χ1) is 7.20. The minimum absolute atomic E-state index is 0.865. The molecule has 0 bridgehead atoms. The fourth-order valence-corrected chi connectivity index (χ4v) is 1.64. The highest BCUT2D eigenvalue weighted by atomic mass is 16.5. The third-order valence-corrected chi connectivity index (χ3v) is 2.37. The van der Waals surface area contributed by atoms with Gasteiger partial charge in [-0.2, -0.15) is 0 Å². The molecule has 1 aromatic heterocycles. The van der Waals surface area contributed by atoms with Crippen LogP contribution < -0.4 is 4.74 Å². The van der Waals surface area contributed by atoms with E-state index in [1.165, 1.54) is 0 Å². The van der Waals surface area contributed by atoms with Crippen molar-refractivity contribution >= 4 is 0 Å². The molecule has 0 aliphatic heterocycles. The van der Waals surface area contributed by atoms with Gasteiger partial charge in [-0.3, -0.25) is 0 Å². The van der Waals surface area contributed by atoms with Crippen LogP contribution in [-0.4, -0.2) is 17.1 Å². The maximum absolute atomic E-state index is 5.11. The van der Waals surface area contributed by atoms with Crippen molar-refractivity contribution in [3.63, 3.8) is 0 Å². The normalized spacial score (nSPS) is 10.3. The van der Waals surface area contributed by atoms with Crippen LogP contribution in [0.3, 0.4) is 0 Å². The van der Waals surface area contributed by atoms with Gasteiger partial charge in [-0.05, 0) is 38.1 Å². The number of imidazole rings is 1. The third-order valence-electron chi connectivity index (χ3n) is 2.37. The zero-order valence-electron chi connectivity index (χ0n) is 9.16. The number of aromatic nitrogens is 2. The quantitative estimate of drug-likeness (QED) is 0.813. The summed E-state index contributed by atoms with van der Waals surface area (Å²) in [7, 11) is 1.67. The van der Waals surface area contributed by atoms with Gasteiger partial charge in [-0.25, -0.2) is 4.98 Å². The largest absolute Gasteiger partial charge is 0.497 e. The number of aryl methyl sites for hydroxylation is 2. The number of nitrogens with one attached hydrogen (secondary N) is 1. The molecule has 0 aliphatic carbocycles. The molecule has 15 heavy (non-hydrogen) atoms. The first kappa shape index (κ1) is 9.77. The van der Waals surface area contributed by atoms with E-state index in [0.717, 1.165) is 28.5 Å². The zero-order chi connectivity index (χ0) is 10.8. The van der Waals surface area contributed by atoms with Gasteiger partial charge < -0.3 is 9.72 Å². The van der Waals surface area contributed by atoms with Gasteiger partial charge in [0, 0.05) is 11.3 Å². The summed E-state index contributed by atoms with van der Waals surface area (Å²) in [5.41, 5.74) is 3.21. The van der Waals surface area contributed by atoms with E-state index in [2.05, 4.69) is 9.97 Å². The monoisotopic (exact) mass is 202 g/mol. The number of H-pyrrole nitrogens is 1. The highest BCUT2D eigenvalue weighted by Gasteiger charge is 2.06. The van der Waals surface area contributed by atoms with Crippen LogP contribution in [0.25, 0.3) is 11.3 Å². The Kier molecular flexibility index (Phi) is 2.46. The van der Waals surface area contributed by atoms with E-state index in [4.69, 9.17) is 4.74 Å². The van der Waals surface area contributed by atoms with Gasteiger partial charge in [0.15, 0.2) is 0 Å². The molecule has 1 heterocycles. The topological polar surface area (TPSA) is 37.9 Å². The summed E-state index contributed by atoms with van der Waals surface area (Å²) in [6.07, 6.45) is 0. The van der Waals surface area contributed by atoms with Crippen LogP contribution in [0.4, 0.5) is 0 Å². The Morgan fingerprint density at radius 3 is 2.27 bits per heavy atom. The number of hydrogen-bond acceptors (Lipinski definition) is 2. The summed E-state index contributed by atoms with van der Waals surface area (Å²) in [6.45, 7) is 3.99. The Hall–Kier alpha value is -1.77. The van der Waals surface area contributed by atoms with E-state index < -0.39 is 0 Å². The van der Waals surface area contributed by atoms with Crippen molar-refractivity contribution in [2.75, 3.05) is 7.11 Å². The fraction of sp³-hybridized carbons (Fsp3) is 0.250. The van der Waals surface area contributed by atoms with Crippen molar-refractivity contribution in [1.82, 2.24) is 9.97 Å². The highest BCUT2D eigenvalue weighted by Crippen LogP contribution is 2.23. The lowest BCUT2D eigenvalue weighted by Crippen LogP contribution is -1.84. The molecule has 1 aromatic carbocycles. The van der Waals surface area contributed by atoms with E-state index in [1.54, 1.807) is 7.11 Å². The lowest BCUT2D eigenvalue weighted by Gasteiger charge is -2.01. The molecular formula is C12H14N2O. The van der Waals surface area contributed by atoms with Crippen molar-refractivity contribution in [1.29, 1.82) is 0 Å². The van der Waals surface area contributed by atoms with Gasteiger partial charge in [0.25, 0.3) is 0 Å². The molecule has 78 valence electrons. The number of rotatable bonds is 2. The molecular weight excluding hydrogens is 188 g/mol. The third kappa shape index (κ3) is 1.86. The predicted octanol–water partition coefficient (Wildman–Crippen LogP) is 2.70. The van der Waals surface area contributed by atoms with E-state index in [-0.39, 0.29) is 0 Å². The van der Waals surface area contributed by atoms with E-state index in [1.807, 2.05) is 38.1 Å². The molecule has 2 rings (SSSR count). The molecule has 0 unspecified atom stereocenters. The van der Waals surface area contributed by atoms with Gasteiger partial charge in [0.05, 0.1) is 12.8 Å². The van der Waals surface area contributed by atoms with Crippen molar-refractivity contribution in [3.8, 4) is 17.0 Å². The van der Waals surface area contributed by atoms with E-state index >= 15 is 0 Å². The number of ether oxygens (including phenoxy) is 1. The van der Waals surface area contributed by atoms with Crippen molar-refractivity contribution in [2.24, 2.45) is 0 Å². The Morgan fingerprint density at radius 2 is 1.80 bits per heavy atom. The minimum Gasteiger partial charge on any atom is -0.497 e. The van der Waals surface area contributed by atoms with Crippen LogP contribution in [-0.2, 0) is 0 Å². The van der Waals surface area contributed by atoms with Crippen LogP contribution in [0.2, 0.25) is 0 Å². The van der Waals surface area contributed by atoms with Crippen LogP contribution in [0.1, 0.15) is 11.5 Å². The summed E-state index contributed by atoms with van der Waals surface area (Å²) in [6, 6.07) is 7.92. The number of nitrogens with zero attached hydrogens (tertiary/aromatic N) is 1. The minimum atomic E-state index is 0.865. The Balaban J connectivity index is 2.41. The molecule has 0 fully saturated rings. The Bertz CT molecular complexity index is 457. The SMILES string of the molecule is COc1ccc(-c2nc(C)[nH]c2C)cc1. The molecule has 2 aromatic rings. The van der Waals surface area contributed by atoms with E-state index in [9.17, 15) is 0 Å². The molecule has 0 saturated carbocycles. The van der Waals surface area contributed by atoms with Crippen LogP contribution in [0.5, 0.6) is 5.75 Å². The fourth-order valence-electron chi connectivity index (χ4n) is 1.64. The second kappa shape index (κ2) is 3.77. The summed E-state index contributed by atoms with van der Waals surface area (Å²) in [5.74, 6) is 1.81. The molecule has 0 atom stereocenters. The highest BCUT2D eigenvalue weighted by molar-refractivity contribution is 5.62. The first-order valence-corrected chi connectivity index (χ1v) is 4.88. The first-order valence-electron chi connectivity index (χ1n) is 4.88. The van der Waals surface area contributed by atoms with Crippen molar-refractivity contribution in [3.05, 3.63) is 35.8 Å². The molecule has 3 heteroatoms. The van der Waals surface area contributed by atoms with Gasteiger partial charge >= 0.3 is 0 Å². The van der Waals surface area contributed by atoms with Gasteiger partial charge in [0.1, 0.15) is 11.6 Å². The number of benzene rings is 1. The second-order valence-electron chi connectivity index (χ2n) is 3.52.